The number of hydrogen-bond donors (Lipinski definition) is 0. The van der Waals surface area contributed by atoms with Crippen LogP contribution in [0.2, 0.25) is 0 Å². The van der Waals surface area contributed by atoms with Crippen LogP contribution in [0, 0.1) is 12.8 Å². The molecule has 0 amide bonds. The van der Waals surface area contributed by atoms with Gasteiger partial charge in [-0.1, -0.05) is 108 Å². The van der Waals surface area contributed by atoms with Crippen molar-refractivity contribution in [1.29, 1.82) is 0 Å². The number of carbonyl (C=O) groups excluding carboxylic acids is 1. The van der Waals surface area contributed by atoms with Crippen LogP contribution in [0.1, 0.15) is 101 Å². The fourth-order valence-electron chi connectivity index (χ4n) is 4.90. The number of benzene rings is 2. The summed E-state index contributed by atoms with van der Waals surface area (Å²) >= 11 is 0. The molecule has 0 N–H and O–H groups in total. The van der Waals surface area contributed by atoms with E-state index in [1.54, 1.807) is 0 Å². The zero-order valence-corrected chi connectivity index (χ0v) is 23.1. The van der Waals surface area contributed by atoms with Gasteiger partial charge in [0.05, 0.1) is 11.7 Å². The van der Waals surface area contributed by atoms with Gasteiger partial charge in [0, 0.05) is 17.9 Å². The van der Waals surface area contributed by atoms with Crippen molar-refractivity contribution in [2.75, 3.05) is 0 Å². The second kappa shape index (κ2) is 15.2. The van der Waals surface area contributed by atoms with Crippen LogP contribution < -0.4 is 5.56 Å². The van der Waals surface area contributed by atoms with E-state index >= 15 is 0 Å². The highest BCUT2D eigenvalue weighted by atomic mass is 16.1. The third-order valence-electron chi connectivity index (χ3n) is 6.62. The van der Waals surface area contributed by atoms with Gasteiger partial charge in [-0.15, -0.1) is 0 Å². The molecule has 4 rings (SSSR count). The molecule has 0 radical (unpaired) electrons. The summed E-state index contributed by atoms with van der Waals surface area (Å²) in [6.45, 7) is 12.1. The predicted molar refractivity (Wildman–Crippen MR) is 151 cm³/mol. The Morgan fingerprint density at radius 2 is 1.50 bits per heavy atom. The van der Waals surface area contributed by atoms with Crippen molar-refractivity contribution in [3.8, 4) is 0 Å². The van der Waals surface area contributed by atoms with Crippen molar-refractivity contribution in [1.82, 2.24) is 9.55 Å². The largest absolute Gasteiger partial charge is 0.299 e. The van der Waals surface area contributed by atoms with E-state index in [0.29, 0.717) is 30.9 Å². The van der Waals surface area contributed by atoms with Crippen LogP contribution in [-0.2, 0) is 17.6 Å². The highest BCUT2D eigenvalue weighted by Crippen LogP contribution is 2.29. The van der Waals surface area contributed by atoms with Crippen LogP contribution >= 0.6 is 0 Å². The standard InChI is InChI=1S/C28H32N2O2.2C2H6/c1-3-4-7-16-26(31)23-17-18-24-25(19-23)29-20(2)30(28(24)32)27(21-12-8-5-9-13-21)22-14-10-6-11-15-22;2*1-2/h5-6,8-15,23,27H,3-4,7,16-19H2,1-2H3;2*1-2H3. The van der Waals surface area contributed by atoms with Crippen molar-refractivity contribution < 1.29 is 4.79 Å². The Labute approximate surface area is 217 Å². The first-order valence-corrected chi connectivity index (χ1v) is 13.8. The lowest BCUT2D eigenvalue weighted by atomic mass is 9.83. The summed E-state index contributed by atoms with van der Waals surface area (Å²) < 4.78 is 1.84. The number of aromatic nitrogens is 2. The Morgan fingerprint density at radius 3 is 2.03 bits per heavy atom. The average molecular weight is 489 g/mol. The van der Waals surface area contributed by atoms with Crippen molar-refractivity contribution in [3.05, 3.63) is 99.2 Å². The number of nitrogens with zero attached hydrogens (tertiary/aromatic N) is 2. The molecule has 1 aliphatic rings. The van der Waals surface area contributed by atoms with Gasteiger partial charge in [0.1, 0.15) is 11.6 Å². The molecule has 3 aromatic rings. The second-order valence-corrected chi connectivity index (χ2v) is 8.85. The van der Waals surface area contributed by atoms with Crippen molar-refractivity contribution in [3.63, 3.8) is 0 Å². The molecule has 1 atom stereocenters. The number of unbranched alkanes of at least 4 members (excludes halogenated alkanes) is 2. The number of aryl methyl sites for hydroxylation is 1. The topological polar surface area (TPSA) is 52.0 Å². The summed E-state index contributed by atoms with van der Waals surface area (Å²) in [5.41, 5.74) is 3.76. The first-order chi connectivity index (χ1) is 17.6. The first kappa shape index (κ1) is 29.2. The molecule has 4 heteroatoms. The van der Waals surface area contributed by atoms with Crippen molar-refractivity contribution in [2.24, 2.45) is 5.92 Å². The van der Waals surface area contributed by atoms with Crippen LogP contribution in [0.5, 0.6) is 0 Å². The highest BCUT2D eigenvalue weighted by molar-refractivity contribution is 5.81. The van der Waals surface area contributed by atoms with Crippen molar-refractivity contribution in [2.45, 2.75) is 92.5 Å². The Balaban J connectivity index is 0.00000109. The molecule has 0 spiro atoms. The van der Waals surface area contributed by atoms with Gasteiger partial charge in [-0.2, -0.15) is 0 Å². The maximum Gasteiger partial charge on any atom is 0.257 e. The SMILES string of the molecule is CC.CC.CCCCCC(=O)C1CCc2c(nc(C)n(C(c3ccccc3)c3ccccc3)c2=O)C1. The number of Topliss-reactive ketones (excluding diaryl/α,β-unsaturated/α-hetero) is 1. The molecular formula is C32H44N2O2. The molecule has 1 aliphatic carbocycles. The summed E-state index contributed by atoms with van der Waals surface area (Å²) in [7, 11) is 0. The zero-order valence-electron chi connectivity index (χ0n) is 23.1. The maximum absolute atomic E-state index is 13.7. The lowest BCUT2D eigenvalue weighted by Gasteiger charge is -2.28. The molecule has 1 heterocycles. The van der Waals surface area contributed by atoms with E-state index in [9.17, 15) is 9.59 Å². The summed E-state index contributed by atoms with van der Waals surface area (Å²) in [4.78, 5) is 31.3. The molecule has 1 aromatic heterocycles. The number of hydrogen-bond acceptors (Lipinski definition) is 3. The van der Waals surface area contributed by atoms with Crippen LogP contribution in [0.4, 0.5) is 0 Å². The Bertz CT molecular complexity index is 1080. The molecule has 0 aliphatic heterocycles. The van der Waals surface area contributed by atoms with E-state index in [-0.39, 0.29) is 17.5 Å². The van der Waals surface area contributed by atoms with E-state index in [0.717, 1.165) is 48.1 Å². The molecule has 2 aromatic carbocycles. The van der Waals surface area contributed by atoms with Crippen LogP contribution in [0.25, 0.3) is 0 Å². The fourth-order valence-corrected chi connectivity index (χ4v) is 4.90. The number of ketones is 1. The third kappa shape index (κ3) is 7.02. The zero-order chi connectivity index (χ0) is 26.5. The van der Waals surface area contributed by atoms with E-state index < -0.39 is 0 Å². The van der Waals surface area contributed by atoms with E-state index in [4.69, 9.17) is 4.98 Å². The minimum Gasteiger partial charge on any atom is -0.299 e. The molecule has 4 nitrogen and oxygen atoms in total. The van der Waals surface area contributed by atoms with Gasteiger partial charge in [0.15, 0.2) is 0 Å². The molecule has 0 fully saturated rings. The van der Waals surface area contributed by atoms with Crippen LogP contribution in [0.3, 0.4) is 0 Å². The summed E-state index contributed by atoms with van der Waals surface area (Å²) in [6.07, 6.45) is 5.79. The Hall–Kier alpha value is -3.01. The average Bonchev–Trinajstić information content (AvgIpc) is 2.94. The quantitative estimate of drug-likeness (QED) is 0.309. The lowest BCUT2D eigenvalue weighted by Crippen LogP contribution is -2.36. The van der Waals surface area contributed by atoms with Gasteiger partial charge in [-0.05, 0) is 43.7 Å². The number of rotatable bonds is 8. The molecule has 194 valence electrons. The Morgan fingerprint density at radius 1 is 0.944 bits per heavy atom. The fraction of sp³-hybridized carbons (Fsp3) is 0.469. The van der Waals surface area contributed by atoms with Gasteiger partial charge >= 0.3 is 0 Å². The number of carbonyl (C=O) groups is 1. The minimum absolute atomic E-state index is 0.000509. The molecule has 0 saturated carbocycles. The second-order valence-electron chi connectivity index (χ2n) is 8.85. The van der Waals surface area contributed by atoms with Gasteiger partial charge in [0.25, 0.3) is 5.56 Å². The molecular weight excluding hydrogens is 444 g/mol. The predicted octanol–water partition coefficient (Wildman–Crippen LogP) is 7.50. The highest BCUT2D eigenvalue weighted by Gasteiger charge is 2.30. The van der Waals surface area contributed by atoms with Crippen LogP contribution in [0.15, 0.2) is 65.5 Å². The summed E-state index contributed by atoms with van der Waals surface area (Å²) in [5.74, 6) is 1.03. The van der Waals surface area contributed by atoms with Gasteiger partial charge in [-0.3, -0.25) is 14.2 Å². The third-order valence-corrected chi connectivity index (χ3v) is 6.62. The molecule has 0 saturated heterocycles. The smallest absolute Gasteiger partial charge is 0.257 e. The first-order valence-electron chi connectivity index (χ1n) is 13.8. The maximum atomic E-state index is 13.7. The molecule has 36 heavy (non-hydrogen) atoms. The Kier molecular flexibility index (Phi) is 12.3. The normalized spacial score (nSPS) is 14.1. The van der Waals surface area contributed by atoms with E-state index in [2.05, 4.69) is 31.2 Å². The van der Waals surface area contributed by atoms with E-state index in [1.165, 1.54) is 0 Å². The van der Waals surface area contributed by atoms with Crippen LogP contribution in [-0.4, -0.2) is 15.3 Å². The van der Waals surface area contributed by atoms with E-state index in [1.807, 2.05) is 75.6 Å². The number of fused-ring (bicyclic) bond motifs is 1. The molecule has 1 unspecified atom stereocenters. The molecule has 0 bridgehead atoms. The lowest BCUT2D eigenvalue weighted by molar-refractivity contribution is -0.123. The van der Waals surface area contributed by atoms with Gasteiger partial charge in [-0.25, -0.2) is 4.98 Å². The summed E-state index contributed by atoms with van der Waals surface area (Å²) in [5, 5.41) is 0. The van der Waals surface area contributed by atoms with Crippen molar-refractivity contribution >= 4 is 5.78 Å². The summed E-state index contributed by atoms with van der Waals surface area (Å²) in [6, 6.07) is 20.0. The van der Waals surface area contributed by atoms with Gasteiger partial charge < -0.3 is 0 Å². The monoisotopic (exact) mass is 488 g/mol. The van der Waals surface area contributed by atoms with Gasteiger partial charge in [0.2, 0.25) is 0 Å². The minimum atomic E-state index is -0.226.